The van der Waals surface area contributed by atoms with Crippen molar-refractivity contribution in [1.82, 2.24) is 29.8 Å². The fourth-order valence-electron chi connectivity index (χ4n) is 2.68. The molecule has 2 aromatic heterocycles. The summed E-state index contributed by atoms with van der Waals surface area (Å²) in [5.74, 6) is -1.73. The number of benzene rings is 1. The summed E-state index contributed by atoms with van der Waals surface area (Å²) in [4.78, 5) is 38.8. The third-order valence-electron chi connectivity index (χ3n) is 4.13. The number of nitrogens with one attached hydrogen (secondary N) is 1. The number of H-pyrrole nitrogens is 1. The van der Waals surface area contributed by atoms with Crippen LogP contribution in [0.2, 0.25) is 0 Å². The van der Waals surface area contributed by atoms with Gasteiger partial charge in [-0.25, -0.2) is 4.79 Å². The number of aromatic nitrogens is 6. The molecule has 0 unspecified atom stereocenters. The fraction of sp³-hybridized carbons (Fsp3) is 0.294. The number of nitrogens with two attached hydrogens (primary N) is 1. The van der Waals surface area contributed by atoms with Crippen LogP contribution in [0, 0.1) is 0 Å². The Balaban J connectivity index is 1.77. The van der Waals surface area contributed by atoms with Gasteiger partial charge in [0, 0.05) is 7.11 Å². The normalized spacial score (nSPS) is 11.5. The predicted octanol–water partition coefficient (Wildman–Crippen LogP) is 0.615. The molecule has 0 aliphatic rings. The van der Waals surface area contributed by atoms with Crippen LogP contribution in [-0.4, -0.2) is 61.4 Å². The zero-order valence-electron chi connectivity index (χ0n) is 16.8. The molecule has 2 heterocycles. The third kappa shape index (κ3) is 5.78. The van der Waals surface area contributed by atoms with Gasteiger partial charge in [-0.15, -0.1) is 18.3 Å². The number of ketones is 1. The topological polar surface area (TPSA) is 160 Å². The highest BCUT2D eigenvalue weighted by atomic mass is 32.2. The van der Waals surface area contributed by atoms with E-state index in [2.05, 4.69) is 20.3 Å². The van der Waals surface area contributed by atoms with Gasteiger partial charge >= 0.3 is 12.1 Å². The van der Waals surface area contributed by atoms with Gasteiger partial charge in [-0.1, -0.05) is 11.8 Å². The number of rotatable bonds is 9. The average molecular weight is 487 g/mol. The standard InChI is InChI=1S/C17H16F3N7O5S/c1-31-7-6-26-13(21)12(14(29)22-15(26)30)11(28)8-33-16-23-24-25-27(16)9-2-4-10(5-3-9)32-17(18,19)20/h2-5H,6-8,21H2,1H3,(H,22,29,30). The maximum Gasteiger partial charge on any atom is 0.573 e. The molecule has 0 saturated heterocycles. The molecule has 0 aliphatic heterocycles. The van der Waals surface area contributed by atoms with Gasteiger partial charge in [0.1, 0.15) is 17.1 Å². The number of ether oxygens (including phenoxy) is 2. The lowest BCUT2D eigenvalue weighted by Crippen LogP contribution is -2.37. The van der Waals surface area contributed by atoms with E-state index in [4.69, 9.17) is 10.5 Å². The van der Waals surface area contributed by atoms with Crippen LogP contribution < -0.4 is 21.7 Å². The number of alkyl halides is 3. The molecule has 3 aromatic rings. The number of hydrogen-bond acceptors (Lipinski definition) is 10. The average Bonchev–Trinajstić information content (AvgIpc) is 3.20. The van der Waals surface area contributed by atoms with E-state index in [0.29, 0.717) is 5.69 Å². The van der Waals surface area contributed by atoms with Crippen molar-refractivity contribution >= 4 is 23.4 Å². The fourth-order valence-corrected chi connectivity index (χ4v) is 3.45. The number of hydrogen-bond donors (Lipinski definition) is 2. The van der Waals surface area contributed by atoms with Crippen LogP contribution in [0.3, 0.4) is 0 Å². The zero-order chi connectivity index (χ0) is 24.2. The van der Waals surface area contributed by atoms with Crippen LogP contribution in [0.15, 0.2) is 39.0 Å². The van der Waals surface area contributed by atoms with Gasteiger partial charge in [0.25, 0.3) is 5.56 Å². The summed E-state index contributed by atoms with van der Waals surface area (Å²) < 4.78 is 47.8. The van der Waals surface area contributed by atoms with Crippen molar-refractivity contribution in [2.45, 2.75) is 18.1 Å². The first-order valence-electron chi connectivity index (χ1n) is 9.03. The molecule has 176 valence electrons. The number of carbonyl (C=O) groups is 1. The van der Waals surface area contributed by atoms with Crippen molar-refractivity contribution < 1.29 is 27.4 Å². The van der Waals surface area contributed by atoms with Crippen molar-refractivity contribution in [3.63, 3.8) is 0 Å². The van der Waals surface area contributed by atoms with Gasteiger partial charge in [-0.2, -0.15) is 4.68 Å². The smallest absolute Gasteiger partial charge is 0.406 e. The van der Waals surface area contributed by atoms with E-state index in [1.165, 1.54) is 23.9 Å². The Labute approximate surface area is 186 Å². The molecule has 0 fully saturated rings. The zero-order valence-corrected chi connectivity index (χ0v) is 17.6. The Hall–Kier alpha value is -3.66. The summed E-state index contributed by atoms with van der Waals surface area (Å²) in [6.45, 7) is 0.151. The molecular weight excluding hydrogens is 471 g/mol. The van der Waals surface area contributed by atoms with Crippen molar-refractivity contribution in [3.8, 4) is 11.4 Å². The number of Topliss-reactive ketones (excluding diaryl/α,β-unsaturated/α-hetero) is 1. The molecule has 3 N–H and O–H groups in total. The van der Waals surface area contributed by atoms with Crippen LogP contribution in [-0.2, 0) is 11.3 Å². The summed E-state index contributed by atoms with van der Waals surface area (Å²) in [6, 6.07) is 4.73. The highest BCUT2D eigenvalue weighted by molar-refractivity contribution is 7.99. The lowest BCUT2D eigenvalue weighted by atomic mass is 10.2. The quantitative estimate of drug-likeness (QED) is 0.323. The van der Waals surface area contributed by atoms with Crippen LogP contribution >= 0.6 is 11.8 Å². The second kappa shape index (κ2) is 9.86. The molecule has 0 radical (unpaired) electrons. The predicted molar refractivity (Wildman–Crippen MR) is 109 cm³/mol. The minimum Gasteiger partial charge on any atom is -0.406 e. The van der Waals surface area contributed by atoms with E-state index in [9.17, 15) is 27.6 Å². The van der Waals surface area contributed by atoms with E-state index in [-0.39, 0.29) is 29.9 Å². The van der Waals surface area contributed by atoms with Gasteiger partial charge in [0.05, 0.1) is 24.6 Å². The first-order chi connectivity index (χ1) is 15.6. The number of tetrazole rings is 1. The molecule has 33 heavy (non-hydrogen) atoms. The van der Waals surface area contributed by atoms with Crippen LogP contribution in [0.4, 0.5) is 19.0 Å². The van der Waals surface area contributed by atoms with Crippen molar-refractivity contribution in [1.29, 1.82) is 0 Å². The summed E-state index contributed by atoms with van der Waals surface area (Å²) in [5.41, 5.74) is 4.07. The highest BCUT2D eigenvalue weighted by Crippen LogP contribution is 2.25. The Bertz CT molecular complexity index is 1250. The Morgan fingerprint density at radius 1 is 1.24 bits per heavy atom. The van der Waals surface area contributed by atoms with E-state index >= 15 is 0 Å². The molecule has 16 heteroatoms. The van der Waals surface area contributed by atoms with E-state index in [0.717, 1.165) is 28.5 Å². The highest BCUT2D eigenvalue weighted by Gasteiger charge is 2.31. The number of aromatic amines is 1. The number of anilines is 1. The van der Waals surface area contributed by atoms with Crippen LogP contribution in [0.1, 0.15) is 10.4 Å². The Morgan fingerprint density at radius 3 is 2.58 bits per heavy atom. The lowest BCUT2D eigenvalue weighted by Gasteiger charge is -2.11. The number of methoxy groups -OCH3 is 1. The second-order valence-electron chi connectivity index (χ2n) is 6.29. The summed E-state index contributed by atoms with van der Waals surface area (Å²) >= 11 is 0.857. The maximum atomic E-state index is 12.7. The summed E-state index contributed by atoms with van der Waals surface area (Å²) in [5, 5.41) is 11.1. The van der Waals surface area contributed by atoms with Crippen LogP contribution in [0.5, 0.6) is 5.75 Å². The van der Waals surface area contributed by atoms with Gasteiger partial charge in [-0.3, -0.25) is 19.1 Å². The molecule has 12 nitrogen and oxygen atoms in total. The number of nitrogens with zero attached hydrogens (tertiary/aromatic N) is 5. The maximum absolute atomic E-state index is 12.7. The number of carbonyl (C=O) groups excluding carboxylic acids is 1. The number of halogens is 3. The van der Waals surface area contributed by atoms with E-state index < -0.39 is 34.7 Å². The number of thioether (sulfide) groups is 1. The second-order valence-corrected chi connectivity index (χ2v) is 7.23. The van der Waals surface area contributed by atoms with E-state index in [1.807, 2.05) is 4.98 Å². The molecule has 3 rings (SSSR count). The molecule has 0 bridgehead atoms. The minimum atomic E-state index is -4.83. The first-order valence-corrected chi connectivity index (χ1v) is 10.0. The van der Waals surface area contributed by atoms with Crippen molar-refractivity contribution in [2.75, 3.05) is 25.2 Å². The Kier molecular flexibility index (Phi) is 7.17. The summed E-state index contributed by atoms with van der Waals surface area (Å²) in [7, 11) is 1.41. The SMILES string of the molecule is COCCn1c(N)c(C(=O)CSc2nnnn2-c2ccc(OC(F)(F)F)cc2)c(=O)[nH]c1=O. The molecule has 0 saturated carbocycles. The molecule has 0 amide bonds. The third-order valence-corrected chi connectivity index (χ3v) is 5.04. The molecule has 0 aliphatic carbocycles. The first kappa shape index (κ1) is 24.0. The largest absolute Gasteiger partial charge is 0.573 e. The van der Waals surface area contributed by atoms with Gasteiger partial charge in [0.15, 0.2) is 5.78 Å². The minimum absolute atomic E-state index is 0.0255. The van der Waals surface area contributed by atoms with Gasteiger partial charge < -0.3 is 15.2 Å². The molecule has 0 spiro atoms. The molecule has 1 aromatic carbocycles. The monoisotopic (exact) mass is 487 g/mol. The van der Waals surface area contributed by atoms with E-state index in [1.54, 1.807) is 0 Å². The molecule has 0 atom stereocenters. The molecular formula is C17H16F3N7O5S. The van der Waals surface area contributed by atoms with Crippen LogP contribution in [0.25, 0.3) is 5.69 Å². The van der Waals surface area contributed by atoms with Crippen molar-refractivity contribution in [2.24, 2.45) is 0 Å². The van der Waals surface area contributed by atoms with Gasteiger partial charge in [-0.05, 0) is 34.7 Å². The Morgan fingerprint density at radius 2 is 1.94 bits per heavy atom. The summed E-state index contributed by atoms with van der Waals surface area (Å²) in [6.07, 6.45) is -4.83. The van der Waals surface area contributed by atoms with Gasteiger partial charge in [0.2, 0.25) is 5.16 Å². The van der Waals surface area contributed by atoms with Crippen molar-refractivity contribution in [3.05, 3.63) is 50.7 Å². The number of nitrogen functional groups attached to an aromatic ring is 1. The lowest BCUT2D eigenvalue weighted by molar-refractivity contribution is -0.274.